The third kappa shape index (κ3) is 3.84. The number of rotatable bonds is 6. The number of nitrogens with one attached hydrogen (secondary N) is 2. The molecule has 1 atom stereocenters. The second kappa shape index (κ2) is 7.51. The minimum atomic E-state index is -0.522. The van der Waals surface area contributed by atoms with Gasteiger partial charge in [0.2, 0.25) is 0 Å². The zero-order valence-corrected chi connectivity index (χ0v) is 16.6. The molecule has 5 rings (SSSR count). The van der Waals surface area contributed by atoms with Crippen LogP contribution in [0.1, 0.15) is 45.4 Å². The van der Waals surface area contributed by atoms with Crippen LogP contribution in [0.15, 0.2) is 36.0 Å². The molecule has 29 heavy (non-hydrogen) atoms. The summed E-state index contributed by atoms with van der Waals surface area (Å²) in [7, 11) is 0. The third-order valence-corrected chi connectivity index (χ3v) is 7.18. The first-order valence-electron chi connectivity index (χ1n) is 10.3. The molecule has 1 amide bonds. The maximum Gasteiger partial charge on any atom is 0.269 e. The predicted molar refractivity (Wildman–Crippen MR) is 109 cm³/mol. The number of carbonyl (C=O) groups excluding carboxylic acids is 1. The van der Waals surface area contributed by atoms with E-state index in [0.29, 0.717) is 5.69 Å². The molecule has 4 bridgehead atoms. The Bertz CT molecular complexity index is 849. The standard InChI is InChI=1S/C22H26N4O3/c1-14(22-9-15-6-16(10-22)8-17(7-15)11-22)24-13-18(12-23)21(27)25-19-2-4-20(5-3-19)26(28)29/h2-5,13-17,24H,6-11H2,1H3,(H,25,27)/b18-13-. The summed E-state index contributed by atoms with van der Waals surface area (Å²) in [6.07, 6.45) is 9.41. The van der Waals surface area contributed by atoms with E-state index in [1.165, 1.54) is 69.0 Å². The number of carbonyl (C=O) groups is 1. The lowest BCUT2D eigenvalue weighted by atomic mass is 9.48. The van der Waals surface area contributed by atoms with Crippen LogP contribution in [0, 0.1) is 44.6 Å². The van der Waals surface area contributed by atoms with Gasteiger partial charge in [-0.1, -0.05) is 0 Å². The summed E-state index contributed by atoms with van der Waals surface area (Å²) >= 11 is 0. The molecule has 4 fully saturated rings. The fourth-order valence-electron chi connectivity index (χ4n) is 6.11. The summed E-state index contributed by atoms with van der Waals surface area (Å²) in [5.41, 5.74) is 0.640. The smallest absolute Gasteiger partial charge is 0.269 e. The van der Waals surface area contributed by atoms with E-state index in [1.54, 1.807) is 0 Å². The monoisotopic (exact) mass is 394 g/mol. The number of benzene rings is 1. The highest BCUT2D eigenvalue weighted by atomic mass is 16.6. The van der Waals surface area contributed by atoms with Crippen molar-refractivity contribution in [3.05, 3.63) is 46.2 Å². The zero-order valence-electron chi connectivity index (χ0n) is 16.6. The lowest BCUT2D eigenvalue weighted by Gasteiger charge is -2.59. The van der Waals surface area contributed by atoms with Gasteiger partial charge in [0.25, 0.3) is 11.6 Å². The number of hydrogen-bond acceptors (Lipinski definition) is 5. The number of nitro groups is 1. The van der Waals surface area contributed by atoms with Gasteiger partial charge in [-0.15, -0.1) is 0 Å². The summed E-state index contributed by atoms with van der Waals surface area (Å²) < 4.78 is 0. The average Bonchev–Trinajstić information content (AvgIpc) is 2.67. The quantitative estimate of drug-likeness (QED) is 0.326. The van der Waals surface area contributed by atoms with Crippen LogP contribution in [0.2, 0.25) is 0 Å². The van der Waals surface area contributed by atoms with Gasteiger partial charge in [0.05, 0.1) is 4.92 Å². The first-order valence-corrected chi connectivity index (χ1v) is 10.3. The molecule has 7 nitrogen and oxygen atoms in total. The first-order chi connectivity index (χ1) is 13.9. The minimum absolute atomic E-state index is 0.0000638. The van der Waals surface area contributed by atoms with Crippen molar-refractivity contribution in [1.29, 1.82) is 5.26 Å². The molecule has 0 spiro atoms. The highest BCUT2D eigenvalue weighted by Crippen LogP contribution is 2.61. The van der Waals surface area contributed by atoms with E-state index in [9.17, 15) is 20.2 Å². The van der Waals surface area contributed by atoms with Crippen molar-refractivity contribution >= 4 is 17.3 Å². The van der Waals surface area contributed by atoms with Crippen LogP contribution in [-0.4, -0.2) is 16.9 Å². The van der Waals surface area contributed by atoms with Crippen molar-refractivity contribution < 1.29 is 9.72 Å². The summed E-state index contributed by atoms with van der Waals surface area (Å²) in [4.78, 5) is 22.7. The zero-order chi connectivity index (χ0) is 20.6. The molecule has 0 saturated heterocycles. The molecular weight excluding hydrogens is 368 g/mol. The van der Waals surface area contributed by atoms with Gasteiger partial charge in [-0.3, -0.25) is 14.9 Å². The Morgan fingerprint density at radius 1 is 1.21 bits per heavy atom. The number of non-ortho nitro benzene ring substituents is 1. The molecule has 0 aromatic heterocycles. The lowest BCUT2D eigenvalue weighted by Crippen LogP contribution is -2.54. The summed E-state index contributed by atoms with van der Waals surface area (Å²) in [5, 5.41) is 26.1. The van der Waals surface area contributed by atoms with Gasteiger partial charge in [-0.05, 0) is 80.8 Å². The molecule has 1 unspecified atom stereocenters. The summed E-state index contributed by atoms with van der Waals surface area (Å²) in [6.45, 7) is 2.17. The number of nitro benzene ring substituents is 1. The van der Waals surface area contributed by atoms with E-state index in [2.05, 4.69) is 17.6 Å². The molecule has 4 saturated carbocycles. The van der Waals surface area contributed by atoms with Crippen LogP contribution < -0.4 is 10.6 Å². The minimum Gasteiger partial charge on any atom is -0.387 e. The van der Waals surface area contributed by atoms with Gasteiger partial charge < -0.3 is 10.6 Å². The number of amides is 1. The molecule has 0 heterocycles. The maximum atomic E-state index is 12.4. The topological polar surface area (TPSA) is 108 Å². The van der Waals surface area contributed by atoms with Crippen molar-refractivity contribution in [2.45, 2.75) is 51.5 Å². The maximum absolute atomic E-state index is 12.4. The van der Waals surface area contributed by atoms with Gasteiger partial charge in [0.15, 0.2) is 0 Å². The van der Waals surface area contributed by atoms with Crippen LogP contribution in [0.25, 0.3) is 0 Å². The third-order valence-electron chi connectivity index (χ3n) is 7.18. The molecule has 4 aliphatic carbocycles. The number of nitrogens with zero attached hydrogens (tertiary/aromatic N) is 2. The Balaban J connectivity index is 1.40. The normalized spacial score (nSPS) is 31.0. The SMILES string of the molecule is CC(N/C=C(/C#N)C(=O)Nc1ccc([N+](=O)[O-])cc1)C12CC3CC(CC(C3)C1)C2. The number of hydrogen-bond donors (Lipinski definition) is 2. The molecule has 152 valence electrons. The van der Waals surface area contributed by atoms with Crippen LogP contribution in [0.4, 0.5) is 11.4 Å². The van der Waals surface area contributed by atoms with Crippen molar-refractivity contribution in [3.63, 3.8) is 0 Å². The van der Waals surface area contributed by atoms with Gasteiger partial charge in [0, 0.05) is 30.1 Å². The Labute approximate surface area is 170 Å². The van der Waals surface area contributed by atoms with Crippen molar-refractivity contribution in [2.24, 2.45) is 23.2 Å². The van der Waals surface area contributed by atoms with E-state index in [-0.39, 0.29) is 22.7 Å². The van der Waals surface area contributed by atoms with Crippen LogP contribution >= 0.6 is 0 Å². The van der Waals surface area contributed by atoms with Crippen molar-refractivity contribution in [1.82, 2.24) is 5.32 Å². The Kier molecular flexibility index (Phi) is 5.03. The van der Waals surface area contributed by atoms with Crippen LogP contribution in [0.3, 0.4) is 0 Å². The highest BCUT2D eigenvalue weighted by molar-refractivity contribution is 6.06. The number of nitriles is 1. The van der Waals surface area contributed by atoms with Gasteiger partial charge in [-0.25, -0.2) is 0 Å². The Hall–Kier alpha value is -2.88. The van der Waals surface area contributed by atoms with Crippen molar-refractivity contribution in [2.75, 3.05) is 5.32 Å². The summed E-state index contributed by atoms with van der Waals surface area (Å²) in [6, 6.07) is 7.72. The van der Waals surface area contributed by atoms with E-state index >= 15 is 0 Å². The van der Waals surface area contributed by atoms with Gasteiger partial charge >= 0.3 is 0 Å². The van der Waals surface area contributed by atoms with E-state index in [0.717, 1.165) is 17.8 Å². The van der Waals surface area contributed by atoms with Crippen molar-refractivity contribution in [3.8, 4) is 6.07 Å². The van der Waals surface area contributed by atoms with Crippen LogP contribution in [0.5, 0.6) is 0 Å². The predicted octanol–water partition coefficient (Wildman–Crippen LogP) is 4.14. The number of anilines is 1. The Morgan fingerprint density at radius 3 is 2.24 bits per heavy atom. The van der Waals surface area contributed by atoms with E-state index in [1.807, 2.05) is 6.07 Å². The molecule has 1 aromatic rings. The Morgan fingerprint density at radius 2 is 1.76 bits per heavy atom. The molecule has 0 radical (unpaired) electrons. The first kappa shape index (κ1) is 19.4. The fourth-order valence-corrected chi connectivity index (χ4v) is 6.11. The van der Waals surface area contributed by atoms with Gasteiger partial charge in [-0.2, -0.15) is 5.26 Å². The lowest BCUT2D eigenvalue weighted by molar-refractivity contribution is -0.384. The summed E-state index contributed by atoms with van der Waals surface area (Å²) in [5.74, 6) is 2.01. The fraction of sp³-hybridized carbons (Fsp3) is 0.545. The molecule has 2 N–H and O–H groups in total. The average molecular weight is 394 g/mol. The molecular formula is C22H26N4O3. The molecule has 7 heteroatoms. The van der Waals surface area contributed by atoms with E-state index in [4.69, 9.17) is 0 Å². The molecule has 1 aromatic carbocycles. The van der Waals surface area contributed by atoms with Gasteiger partial charge in [0.1, 0.15) is 11.6 Å². The highest BCUT2D eigenvalue weighted by Gasteiger charge is 2.53. The molecule has 4 aliphatic rings. The van der Waals surface area contributed by atoms with E-state index < -0.39 is 10.8 Å². The largest absolute Gasteiger partial charge is 0.387 e. The van der Waals surface area contributed by atoms with Crippen LogP contribution in [-0.2, 0) is 4.79 Å². The second-order valence-electron chi connectivity index (χ2n) is 9.10. The second-order valence-corrected chi connectivity index (χ2v) is 9.10. The molecule has 0 aliphatic heterocycles.